The van der Waals surface area contributed by atoms with Gasteiger partial charge in [-0.05, 0) is 52.9 Å². The van der Waals surface area contributed by atoms with Crippen molar-refractivity contribution in [3.8, 4) is 11.1 Å². The van der Waals surface area contributed by atoms with Gasteiger partial charge in [-0.1, -0.05) is 50.9 Å². The van der Waals surface area contributed by atoms with Crippen molar-refractivity contribution in [1.29, 1.82) is 0 Å². The van der Waals surface area contributed by atoms with Gasteiger partial charge in [-0.3, -0.25) is 0 Å². The summed E-state index contributed by atoms with van der Waals surface area (Å²) in [6.07, 6.45) is 1.01. The second-order valence-corrected chi connectivity index (χ2v) is 6.19. The van der Waals surface area contributed by atoms with Gasteiger partial charge in [-0.15, -0.1) is 11.6 Å². The summed E-state index contributed by atoms with van der Waals surface area (Å²) in [6, 6.07) is 12.7. The number of halogens is 3. The third-order valence-electron chi connectivity index (χ3n) is 2.95. The Bertz CT molecular complexity index is 513. The van der Waals surface area contributed by atoms with E-state index < -0.39 is 0 Å². The fourth-order valence-electron chi connectivity index (χ4n) is 2.05. The van der Waals surface area contributed by atoms with Gasteiger partial charge in [0.05, 0.1) is 0 Å². The minimum absolute atomic E-state index is 0.522. The third-order valence-corrected chi connectivity index (χ3v) is 4.22. The fraction of sp³-hybridized carbons (Fsp3) is 0.200. The van der Waals surface area contributed by atoms with E-state index in [0.717, 1.165) is 20.9 Å². The number of hydrogen-bond acceptors (Lipinski definition) is 0. The number of rotatable bonds is 3. The molecule has 94 valence electrons. The van der Waals surface area contributed by atoms with Crippen LogP contribution in [0.1, 0.15) is 18.1 Å². The molecule has 18 heavy (non-hydrogen) atoms. The van der Waals surface area contributed by atoms with Crippen LogP contribution in [-0.4, -0.2) is 0 Å². The number of benzene rings is 2. The first-order valence-electron chi connectivity index (χ1n) is 5.79. The molecule has 0 fully saturated rings. The molecular weight excluding hydrogens is 375 g/mol. The van der Waals surface area contributed by atoms with E-state index in [2.05, 4.69) is 75.2 Å². The average molecular weight is 389 g/mol. The molecule has 0 N–H and O–H groups in total. The molecule has 0 saturated heterocycles. The van der Waals surface area contributed by atoms with Crippen LogP contribution in [-0.2, 0) is 12.3 Å². The Morgan fingerprint density at radius 2 is 1.39 bits per heavy atom. The molecule has 0 aromatic heterocycles. The second-order valence-electron chi connectivity index (χ2n) is 4.09. The van der Waals surface area contributed by atoms with E-state index in [1.807, 2.05) is 0 Å². The molecule has 0 heterocycles. The molecule has 0 saturated carbocycles. The summed E-state index contributed by atoms with van der Waals surface area (Å²) in [5, 5.41) is 0. The van der Waals surface area contributed by atoms with Gasteiger partial charge in [0.1, 0.15) is 0 Å². The standard InChI is InChI=1S/C15H13Br2Cl/c1-2-10-7-12(16)3-5-14(10)15-6-4-13(17)8-11(15)9-18/h3-8H,2,9H2,1H3. The van der Waals surface area contributed by atoms with Crippen molar-refractivity contribution in [3.05, 3.63) is 56.5 Å². The van der Waals surface area contributed by atoms with Gasteiger partial charge < -0.3 is 0 Å². The van der Waals surface area contributed by atoms with Crippen LogP contribution >= 0.6 is 43.5 Å². The van der Waals surface area contributed by atoms with Crippen LogP contribution in [0.15, 0.2) is 45.3 Å². The minimum Gasteiger partial charge on any atom is -0.122 e. The third kappa shape index (κ3) is 2.98. The van der Waals surface area contributed by atoms with E-state index in [4.69, 9.17) is 11.6 Å². The Kier molecular flexibility index (Phi) is 4.88. The van der Waals surface area contributed by atoms with Crippen molar-refractivity contribution >= 4 is 43.5 Å². The van der Waals surface area contributed by atoms with Crippen molar-refractivity contribution in [3.63, 3.8) is 0 Å². The van der Waals surface area contributed by atoms with Gasteiger partial charge in [0, 0.05) is 14.8 Å². The molecular formula is C15H13Br2Cl. The number of aryl methyl sites for hydroxylation is 1. The maximum absolute atomic E-state index is 6.05. The van der Waals surface area contributed by atoms with E-state index in [1.54, 1.807) is 0 Å². The van der Waals surface area contributed by atoms with Crippen LogP contribution in [0.25, 0.3) is 11.1 Å². The minimum atomic E-state index is 0.522. The van der Waals surface area contributed by atoms with Gasteiger partial charge in [-0.25, -0.2) is 0 Å². The lowest BCUT2D eigenvalue weighted by molar-refractivity contribution is 1.14. The summed E-state index contributed by atoms with van der Waals surface area (Å²) < 4.78 is 2.18. The largest absolute Gasteiger partial charge is 0.122 e. The molecule has 0 bridgehead atoms. The number of alkyl halides is 1. The molecule has 0 aliphatic rings. The molecule has 0 atom stereocenters. The molecule has 2 aromatic carbocycles. The average Bonchev–Trinajstić information content (AvgIpc) is 2.38. The Morgan fingerprint density at radius 3 is 1.89 bits per heavy atom. The lowest BCUT2D eigenvalue weighted by Gasteiger charge is -2.12. The summed E-state index contributed by atoms with van der Waals surface area (Å²) in [5.74, 6) is 0.522. The van der Waals surface area contributed by atoms with Gasteiger partial charge in [0.15, 0.2) is 0 Å². The Labute approximate surface area is 130 Å². The topological polar surface area (TPSA) is 0 Å². The van der Waals surface area contributed by atoms with Crippen molar-refractivity contribution in [2.45, 2.75) is 19.2 Å². The van der Waals surface area contributed by atoms with Crippen LogP contribution in [0.4, 0.5) is 0 Å². The molecule has 3 heteroatoms. The van der Waals surface area contributed by atoms with Crippen LogP contribution in [0.5, 0.6) is 0 Å². The molecule has 0 aliphatic heterocycles. The molecule has 0 unspecified atom stereocenters. The molecule has 2 rings (SSSR count). The Hall–Kier alpha value is -0.310. The Morgan fingerprint density at radius 1 is 0.889 bits per heavy atom. The van der Waals surface area contributed by atoms with Crippen LogP contribution in [0.2, 0.25) is 0 Å². The summed E-state index contributed by atoms with van der Waals surface area (Å²) >= 11 is 13.1. The number of hydrogen-bond donors (Lipinski definition) is 0. The molecule has 2 aromatic rings. The summed E-state index contributed by atoms with van der Waals surface area (Å²) in [7, 11) is 0. The SMILES string of the molecule is CCc1cc(Br)ccc1-c1ccc(Br)cc1CCl. The molecule has 0 radical (unpaired) electrons. The first-order chi connectivity index (χ1) is 8.65. The highest BCUT2D eigenvalue weighted by Crippen LogP contribution is 2.32. The predicted molar refractivity (Wildman–Crippen MR) is 86.2 cm³/mol. The van der Waals surface area contributed by atoms with Gasteiger partial charge in [-0.2, -0.15) is 0 Å². The van der Waals surface area contributed by atoms with E-state index in [-0.39, 0.29) is 0 Å². The van der Waals surface area contributed by atoms with Gasteiger partial charge in [0.25, 0.3) is 0 Å². The maximum atomic E-state index is 6.05. The monoisotopic (exact) mass is 386 g/mol. The van der Waals surface area contributed by atoms with Crippen LogP contribution in [0.3, 0.4) is 0 Å². The highest BCUT2D eigenvalue weighted by atomic mass is 79.9. The molecule has 0 nitrogen and oxygen atoms in total. The van der Waals surface area contributed by atoms with Crippen molar-refractivity contribution in [2.75, 3.05) is 0 Å². The van der Waals surface area contributed by atoms with E-state index >= 15 is 0 Å². The fourth-order valence-corrected chi connectivity index (χ4v) is 3.09. The highest BCUT2D eigenvalue weighted by molar-refractivity contribution is 9.10. The first-order valence-corrected chi connectivity index (χ1v) is 7.91. The quantitative estimate of drug-likeness (QED) is 0.551. The zero-order valence-electron chi connectivity index (χ0n) is 10.0. The molecule has 0 amide bonds. The van der Waals surface area contributed by atoms with Crippen molar-refractivity contribution in [2.24, 2.45) is 0 Å². The summed E-state index contributed by atoms with van der Waals surface area (Å²) in [4.78, 5) is 0. The smallest absolute Gasteiger partial charge is 0.0480 e. The van der Waals surface area contributed by atoms with E-state index in [9.17, 15) is 0 Å². The van der Waals surface area contributed by atoms with Crippen LogP contribution < -0.4 is 0 Å². The lowest BCUT2D eigenvalue weighted by Crippen LogP contribution is -1.92. The highest BCUT2D eigenvalue weighted by Gasteiger charge is 2.09. The van der Waals surface area contributed by atoms with Crippen LogP contribution in [0, 0.1) is 0 Å². The Balaban J connectivity index is 2.61. The maximum Gasteiger partial charge on any atom is 0.0480 e. The van der Waals surface area contributed by atoms with Gasteiger partial charge >= 0.3 is 0 Å². The van der Waals surface area contributed by atoms with E-state index in [1.165, 1.54) is 16.7 Å². The lowest BCUT2D eigenvalue weighted by atomic mass is 9.95. The molecule has 0 spiro atoms. The molecule has 0 aliphatic carbocycles. The van der Waals surface area contributed by atoms with Gasteiger partial charge in [0.2, 0.25) is 0 Å². The summed E-state index contributed by atoms with van der Waals surface area (Å²) in [5.41, 5.74) is 4.97. The zero-order chi connectivity index (χ0) is 13.1. The first kappa shape index (κ1) is 14.1. The summed E-state index contributed by atoms with van der Waals surface area (Å²) in [6.45, 7) is 2.17. The van der Waals surface area contributed by atoms with Crippen molar-refractivity contribution in [1.82, 2.24) is 0 Å². The predicted octanol–water partition coefficient (Wildman–Crippen LogP) is 6.18. The van der Waals surface area contributed by atoms with E-state index in [0.29, 0.717) is 5.88 Å². The zero-order valence-corrected chi connectivity index (χ0v) is 13.9. The van der Waals surface area contributed by atoms with Crippen molar-refractivity contribution < 1.29 is 0 Å². The normalized spacial score (nSPS) is 10.7. The second kappa shape index (κ2) is 6.23.